The van der Waals surface area contributed by atoms with E-state index in [1.54, 1.807) is 0 Å². The molecule has 0 aliphatic heterocycles. The zero-order chi connectivity index (χ0) is 16.9. The maximum atomic E-state index is 11.7. The van der Waals surface area contributed by atoms with Gasteiger partial charge in [-0.15, -0.1) is 20.4 Å². The largest absolute Gasteiger partial charge is 0.411 e. The first-order valence-corrected chi connectivity index (χ1v) is 8.25. The summed E-state index contributed by atoms with van der Waals surface area (Å²) in [6, 6.07) is 5.73. The Balaban J connectivity index is 1.59. The van der Waals surface area contributed by atoms with Gasteiger partial charge in [0.15, 0.2) is 0 Å². The van der Waals surface area contributed by atoms with Crippen molar-refractivity contribution < 1.29 is 14.1 Å². The Morgan fingerprint density at radius 1 is 1.29 bits per heavy atom. The molecule has 24 heavy (non-hydrogen) atoms. The highest BCUT2D eigenvalue weighted by molar-refractivity contribution is 7.99. The van der Waals surface area contributed by atoms with Crippen molar-refractivity contribution >= 4 is 39.8 Å². The van der Waals surface area contributed by atoms with Gasteiger partial charge in [0.1, 0.15) is 5.51 Å². The number of anilines is 1. The van der Waals surface area contributed by atoms with Crippen molar-refractivity contribution in [1.82, 2.24) is 20.4 Å². The zero-order valence-electron chi connectivity index (χ0n) is 11.8. The lowest BCUT2D eigenvalue weighted by Crippen LogP contribution is -2.13. The molecule has 122 valence electrons. The number of nitrogens with one attached hydrogen (secondary N) is 1. The number of nitro groups is 1. The molecule has 1 aromatic carbocycles. The van der Waals surface area contributed by atoms with E-state index in [1.165, 1.54) is 41.1 Å². The SMILES string of the molecule is O=C(CSc1nnc(-c2ccc([N+](=O)[O-])cc2)o1)Nc1nncs1. The molecule has 0 bridgehead atoms. The first-order chi connectivity index (χ1) is 11.6. The molecule has 3 aromatic rings. The van der Waals surface area contributed by atoms with Crippen LogP contribution in [0, 0.1) is 10.1 Å². The fraction of sp³-hybridized carbons (Fsp3) is 0.0833. The number of non-ortho nitro benzene ring substituents is 1. The lowest BCUT2D eigenvalue weighted by molar-refractivity contribution is -0.384. The number of hydrogen-bond acceptors (Lipinski definition) is 10. The molecule has 0 aliphatic rings. The molecule has 0 spiro atoms. The standard InChI is InChI=1S/C12H8N6O4S2/c19-9(14-11-16-13-6-24-11)5-23-12-17-15-10(22-12)7-1-3-8(4-2-7)18(20)21/h1-4,6H,5H2,(H,14,16,19). The fourth-order valence-electron chi connectivity index (χ4n) is 1.62. The predicted octanol–water partition coefficient (Wildman–Crippen LogP) is 2.23. The van der Waals surface area contributed by atoms with Crippen LogP contribution in [0.15, 0.2) is 39.4 Å². The Morgan fingerprint density at radius 2 is 2.08 bits per heavy atom. The Labute approximate surface area is 142 Å². The summed E-state index contributed by atoms with van der Waals surface area (Å²) >= 11 is 2.28. The predicted molar refractivity (Wildman–Crippen MR) is 85.7 cm³/mol. The van der Waals surface area contributed by atoms with Crippen LogP contribution in [-0.2, 0) is 4.79 Å². The van der Waals surface area contributed by atoms with Crippen LogP contribution in [0.3, 0.4) is 0 Å². The van der Waals surface area contributed by atoms with Gasteiger partial charge in [-0.05, 0) is 12.1 Å². The van der Waals surface area contributed by atoms with E-state index >= 15 is 0 Å². The minimum atomic E-state index is -0.491. The molecule has 0 fully saturated rings. The van der Waals surface area contributed by atoms with Gasteiger partial charge in [0.2, 0.25) is 16.9 Å². The molecule has 1 N–H and O–H groups in total. The van der Waals surface area contributed by atoms with Gasteiger partial charge in [-0.25, -0.2) is 0 Å². The first-order valence-electron chi connectivity index (χ1n) is 6.39. The molecule has 10 nitrogen and oxygen atoms in total. The molecule has 2 aromatic heterocycles. The average Bonchev–Trinajstić information content (AvgIpc) is 3.24. The van der Waals surface area contributed by atoms with Crippen molar-refractivity contribution in [2.24, 2.45) is 0 Å². The highest BCUT2D eigenvalue weighted by Gasteiger charge is 2.13. The van der Waals surface area contributed by atoms with E-state index < -0.39 is 4.92 Å². The zero-order valence-corrected chi connectivity index (χ0v) is 13.4. The van der Waals surface area contributed by atoms with E-state index in [1.807, 2.05) is 0 Å². The number of aromatic nitrogens is 4. The average molecular weight is 364 g/mol. The second kappa shape index (κ2) is 7.14. The fourth-order valence-corrected chi connectivity index (χ4v) is 2.64. The quantitative estimate of drug-likeness (QED) is 0.396. The van der Waals surface area contributed by atoms with Crippen LogP contribution in [0.1, 0.15) is 0 Å². The van der Waals surface area contributed by atoms with E-state index in [4.69, 9.17) is 4.42 Å². The summed E-state index contributed by atoms with van der Waals surface area (Å²) in [6.45, 7) is 0. The molecular formula is C12H8N6O4S2. The normalized spacial score (nSPS) is 10.5. The Morgan fingerprint density at radius 3 is 2.75 bits per heavy atom. The maximum absolute atomic E-state index is 11.7. The summed E-state index contributed by atoms with van der Waals surface area (Å²) < 4.78 is 5.42. The summed E-state index contributed by atoms with van der Waals surface area (Å²) in [5.41, 5.74) is 2.04. The topological polar surface area (TPSA) is 137 Å². The minimum Gasteiger partial charge on any atom is -0.411 e. The van der Waals surface area contributed by atoms with Crippen LogP contribution in [0.2, 0.25) is 0 Å². The maximum Gasteiger partial charge on any atom is 0.277 e. The minimum absolute atomic E-state index is 0.0267. The van der Waals surface area contributed by atoms with Gasteiger partial charge in [-0.1, -0.05) is 23.1 Å². The van der Waals surface area contributed by atoms with Gasteiger partial charge in [-0.3, -0.25) is 20.2 Å². The lowest BCUT2D eigenvalue weighted by Gasteiger charge is -1.98. The van der Waals surface area contributed by atoms with E-state index in [-0.39, 0.29) is 28.5 Å². The second-order valence-electron chi connectivity index (χ2n) is 4.26. The molecule has 0 atom stereocenters. The van der Waals surface area contributed by atoms with Crippen molar-refractivity contribution in [2.75, 3.05) is 11.1 Å². The number of carbonyl (C=O) groups excluding carboxylic acids is 1. The summed E-state index contributed by atoms with van der Waals surface area (Å²) in [4.78, 5) is 21.8. The molecule has 0 saturated heterocycles. The van der Waals surface area contributed by atoms with Gasteiger partial charge in [0.05, 0.1) is 10.7 Å². The van der Waals surface area contributed by atoms with Gasteiger partial charge in [0.25, 0.3) is 10.9 Å². The van der Waals surface area contributed by atoms with E-state index in [2.05, 4.69) is 25.7 Å². The van der Waals surface area contributed by atoms with Crippen LogP contribution in [-0.4, -0.2) is 37.0 Å². The Kier molecular flexibility index (Phi) is 4.77. The first kappa shape index (κ1) is 16.0. The van der Waals surface area contributed by atoms with Crippen LogP contribution in [0.25, 0.3) is 11.5 Å². The molecule has 0 unspecified atom stereocenters. The number of carbonyl (C=O) groups is 1. The molecule has 3 rings (SSSR count). The molecule has 0 aliphatic carbocycles. The van der Waals surface area contributed by atoms with Crippen LogP contribution >= 0.6 is 23.1 Å². The number of nitrogens with zero attached hydrogens (tertiary/aromatic N) is 5. The lowest BCUT2D eigenvalue weighted by atomic mass is 10.2. The third kappa shape index (κ3) is 3.91. The van der Waals surface area contributed by atoms with Crippen LogP contribution in [0.5, 0.6) is 0 Å². The third-order valence-corrected chi connectivity index (χ3v) is 4.09. The van der Waals surface area contributed by atoms with Gasteiger partial charge < -0.3 is 4.42 Å². The summed E-state index contributed by atoms with van der Waals surface area (Å²) in [7, 11) is 0. The van der Waals surface area contributed by atoms with E-state index in [0.29, 0.717) is 10.7 Å². The number of hydrogen-bond donors (Lipinski definition) is 1. The molecule has 0 radical (unpaired) electrons. The van der Waals surface area contributed by atoms with Crippen molar-refractivity contribution in [1.29, 1.82) is 0 Å². The van der Waals surface area contributed by atoms with Gasteiger partial charge >= 0.3 is 0 Å². The number of rotatable bonds is 6. The number of benzene rings is 1. The molecule has 12 heteroatoms. The summed E-state index contributed by atoms with van der Waals surface area (Å²) in [5.74, 6) is 0.0188. The van der Waals surface area contributed by atoms with Crippen molar-refractivity contribution in [3.8, 4) is 11.5 Å². The van der Waals surface area contributed by atoms with Crippen LogP contribution < -0.4 is 5.32 Å². The number of thioether (sulfide) groups is 1. The molecular weight excluding hydrogens is 356 g/mol. The highest BCUT2D eigenvalue weighted by atomic mass is 32.2. The van der Waals surface area contributed by atoms with E-state index in [0.717, 1.165) is 11.8 Å². The summed E-state index contributed by atoms with van der Waals surface area (Å²) in [6.07, 6.45) is 0. The van der Waals surface area contributed by atoms with Gasteiger partial charge in [0, 0.05) is 17.7 Å². The Bertz CT molecular complexity index is 849. The summed E-state index contributed by atoms with van der Waals surface area (Å²) in [5, 5.41) is 28.8. The number of amides is 1. The monoisotopic (exact) mass is 364 g/mol. The smallest absolute Gasteiger partial charge is 0.277 e. The molecule has 0 saturated carbocycles. The highest BCUT2D eigenvalue weighted by Crippen LogP contribution is 2.25. The van der Waals surface area contributed by atoms with Crippen molar-refractivity contribution in [2.45, 2.75) is 5.22 Å². The van der Waals surface area contributed by atoms with Gasteiger partial charge in [-0.2, -0.15) is 0 Å². The van der Waals surface area contributed by atoms with Crippen molar-refractivity contribution in [3.63, 3.8) is 0 Å². The number of nitro benzene ring substituents is 1. The molecule has 2 heterocycles. The Hall–Kier alpha value is -2.86. The van der Waals surface area contributed by atoms with Crippen molar-refractivity contribution in [3.05, 3.63) is 39.9 Å². The van der Waals surface area contributed by atoms with Crippen LogP contribution in [0.4, 0.5) is 10.8 Å². The van der Waals surface area contributed by atoms with E-state index in [9.17, 15) is 14.9 Å². The second-order valence-corrected chi connectivity index (χ2v) is 6.02. The third-order valence-electron chi connectivity index (χ3n) is 2.66. The molecule has 1 amide bonds.